The van der Waals surface area contributed by atoms with Crippen LogP contribution in [0.2, 0.25) is 0 Å². The van der Waals surface area contributed by atoms with E-state index in [1.807, 2.05) is 6.07 Å². The molecule has 0 aliphatic heterocycles. The first-order valence-electron chi connectivity index (χ1n) is 9.99. The highest BCUT2D eigenvalue weighted by molar-refractivity contribution is 5.67. The molecular formula is C21H33F2NO4. The van der Waals surface area contributed by atoms with Gasteiger partial charge in [-0.15, -0.1) is 0 Å². The van der Waals surface area contributed by atoms with Crippen molar-refractivity contribution in [3.8, 4) is 0 Å². The lowest BCUT2D eigenvalue weighted by Crippen LogP contribution is -2.52. The number of carbonyl (C=O) groups excluding carboxylic acids is 1. The number of aliphatic hydroxyl groups is 1. The molecule has 1 aromatic carbocycles. The van der Waals surface area contributed by atoms with Gasteiger partial charge in [0.15, 0.2) is 0 Å². The fourth-order valence-electron chi connectivity index (χ4n) is 3.01. The van der Waals surface area contributed by atoms with Crippen molar-refractivity contribution in [3.63, 3.8) is 0 Å². The zero-order valence-electron chi connectivity index (χ0n) is 16.9. The van der Waals surface area contributed by atoms with Gasteiger partial charge in [0.05, 0.1) is 7.11 Å². The lowest BCUT2D eigenvalue weighted by atomic mass is 10.0. The first kappa shape index (κ1) is 24.3. The van der Waals surface area contributed by atoms with Crippen LogP contribution in [-0.2, 0) is 16.2 Å². The van der Waals surface area contributed by atoms with Crippen LogP contribution in [0.5, 0.6) is 0 Å². The molecule has 0 aromatic heterocycles. The van der Waals surface area contributed by atoms with Crippen LogP contribution in [0, 0.1) is 0 Å². The Bertz CT molecular complexity index is 542. The number of hydrogen-bond acceptors (Lipinski definition) is 4. The first-order chi connectivity index (χ1) is 13.5. The summed E-state index contributed by atoms with van der Waals surface area (Å²) in [7, 11) is 1.15. The highest BCUT2D eigenvalue weighted by Crippen LogP contribution is 2.28. The molecule has 1 aromatic rings. The topological polar surface area (TPSA) is 59.0 Å². The van der Waals surface area contributed by atoms with Gasteiger partial charge in [-0.05, 0) is 12.0 Å². The number of unbranched alkanes of at least 4 members (excludes halogenated alkanes) is 6. The van der Waals surface area contributed by atoms with Crippen molar-refractivity contribution in [2.24, 2.45) is 0 Å². The third-order valence-corrected chi connectivity index (χ3v) is 4.64. The number of benzene rings is 1. The van der Waals surface area contributed by atoms with E-state index in [0.29, 0.717) is 11.5 Å². The molecule has 0 heterocycles. The summed E-state index contributed by atoms with van der Waals surface area (Å²) in [4.78, 5) is 17.3. The molecule has 1 rings (SSSR count). The van der Waals surface area contributed by atoms with Gasteiger partial charge in [-0.3, -0.25) is 4.84 Å². The Labute approximate surface area is 166 Å². The molecule has 0 aliphatic carbocycles. The van der Waals surface area contributed by atoms with E-state index >= 15 is 0 Å². The Hall–Kier alpha value is -1.73. The molecule has 1 atom stereocenters. The van der Waals surface area contributed by atoms with E-state index in [0.717, 1.165) is 44.8 Å². The van der Waals surface area contributed by atoms with Crippen LogP contribution >= 0.6 is 0 Å². The molecule has 0 unspecified atom stereocenters. The van der Waals surface area contributed by atoms with Crippen LogP contribution in [0.3, 0.4) is 0 Å². The van der Waals surface area contributed by atoms with E-state index in [1.165, 1.54) is 6.42 Å². The van der Waals surface area contributed by atoms with E-state index < -0.39 is 24.7 Å². The Balaban J connectivity index is 2.62. The normalized spacial score (nSPS) is 12.6. The lowest BCUT2D eigenvalue weighted by molar-refractivity contribution is -0.211. The Kier molecular flexibility index (Phi) is 11.7. The van der Waals surface area contributed by atoms with Crippen LogP contribution in [0.4, 0.5) is 13.6 Å². The molecule has 0 spiro atoms. The average molecular weight is 401 g/mol. The van der Waals surface area contributed by atoms with Crippen LogP contribution in [0.15, 0.2) is 30.3 Å². The molecule has 5 nitrogen and oxygen atoms in total. The van der Waals surface area contributed by atoms with Gasteiger partial charge in [0.2, 0.25) is 0 Å². The van der Waals surface area contributed by atoms with Gasteiger partial charge in [0.1, 0.15) is 19.3 Å². The summed E-state index contributed by atoms with van der Waals surface area (Å²) in [6, 6.07) is 7.36. The van der Waals surface area contributed by atoms with E-state index in [9.17, 15) is 13.6 Å². The zero-order valence-corrected chi connectivity index (χ0v) is 16.9. The number of alkyl halides is 2. The standard InChI is InChI=1S/C21H33F2NO4/c1-3-4-5-6-7-8-12-15-19(21(22,23)17-25)24(27-2)20(26)28-16-18-13-10-9-11-14-18/h9-11,13-14,19,25H,3-8,12,15-17H2,1-2H3/t19-/m1/s1. The second-order valence-corrected chi connectivity index (χ2v) is 6.89. The van der Waals surface area contributed by atoms with Gasteiger partial charge in [-0.1, -0.05) is 82.2 Å². The summed E-state index contributed by atoms with van der Waals surface area (Å²) in [6.07, 6.45) is 5.83. The number of rotatable bonds is 14. The van der Waals surface area contributed by atoms with Gasteiger partial charge in [-0.2, -0.15) is 5.06 Å². The number of carbonyl (C=O) groups is 1. The van der Waals surface area contributed by atoms with Crippen LogP contribution < -0.4 is 0 Å². The average Bonchev–Trinajstić information content (AvgIpc) is 2.71. The minimum atomic E-state index is -3.48. The van der Waals surface area contributed by atoms with Crippen LogP contribution in [0.25, 0.3) is 0 Å². The molecule has 0 fully saturated rings. The molecule has 1 amide bonds. The Morgan fingerprint density at radius 2 is 1.71 bits per heavy atom. The number of nitrogens with zero attached hydrogens (tertiary/aromatic N) is 1. The summed E-state index contributed by atoms with van der Waals surface area (Å²) in [5, 5.41) is 9.67. The smallest absolute Gasteiger partial charge is 0.434 e. The summed E-state index contributed by atoms with van der Waals surface area (Å²) in [6.45, 7) is 0.728. The lowest BCUT2D eigenvalue weighted by Gasteiger charge is -2.33. The maximum atomic E-state index is 14.3. The van der Waals surface area contributed by atoms with Crippen molar-refractivity contribution in [2.75, 3.05) is 13.7 Å². The molecule has 0 bridgehead atoms. The van der Waals surface area contributed by atoms with Gasteiger partial charge < -0.3 is 9.84 Å². The van der Waals surface area contributed by atoms with Gasteiger partial charge in [-0.25, -0.2) is 13.6 Å². The number of hydrogen-bond donors (Lipinski definition) is 1. The zero-order chi connectivity index (χ0) is 20.8. The quantitative estimate of drug-likeness (QED) is 0.338. The highest BCUT2D eigenvalue weighted by atomic mass is 19.3. The summed E-state index contributed by atoms with van der Waals surface area (Å²) < 4.78 is 33.7. The summed E-state index contributed by atoms with van der Waals surface area (Å²) in [5.41, 5.74) is 0.740. The maximum absolute atomic E-state index is 14.3. The van der Waals surface area contributed by atoms with Crippen LogP contribution in [0.1, 0.15) is 63.9 Å². The van der Waals surface area contributed by atoms with Crippen molar-refractivity contribution in [1.82, 2.24) is 5.06 Å². The molecule has 0 radical (unpaired) electrons. The molecule has 0 aliphatic rings. The van der Waals surface area contributed by atoms with E-state index in [-0.39, 0.29) is 13.0 Å². The third kappa shape index (κ3) is 8.52. The predicted octanol–water partition coefficient (Wildman–Crippen LogP) is 5.32. The summed E-state index contributed by atoms with van der Waals surface area (Å²) in [5.74, 6) is -3.48. The molecule has 0 saturated carbocycles. The Morgan fingerprint density at radius 3 is 2.29 bits per heavy atom. The van der Waals surface area contributed by atoms with Crippen molar-refractivity contribution in [2.45, 2.75) is 76.9 Å². The number of ether oxygens (including phenoxy) is 1. The molecule has 160 valence electrons. The third-order valence-electron chi connectivity index (χ3n) is 4.64. The minimum Gasteiger partial charge on any atom is -0.443 e. The largest absolute Gasteiger partial charge is 0.443 e. The Morgan fingerprint density at radius 1 is 1.11 bits per heavy atom. The van der Waals surface area contributed by atoms with Gasteiger partial charge >= 0.3 is 6.09 Å². The molecule has 0 saturated heterocycles. The number of aliphatic hydroxyl groups excluding tert-OH is 1. The number of halogens is 2. The fourth-order valence-corrected chi connectivity index (χ4v) is 3.01. The predicted molar refractivity (Wildman–Crippen MR) is 104 cm³/mol. The van der Waals surface area contributed by atoms with Crippen molar-refractivity contribution >= 4 is 6.09 Å². The number of amides is 1. The minimum absolute atomic E-state index is 0.0234. The highest BCUT2D eigenvalue weighted by Gasteiger charge is 2.45. The summed E-state index contributed by atoms with van der Waals surface area (Å²) >= 11 is 0. The van der Waals surface area contributed by atoms with Crippen molar-refractivity contribution in [3.05, 3.63) is 35.9 Å². The van der Waals surface area contributed by atoms with Crippen molar-refractivity contribution in [1.29, 1.82) is 0 Å². The monoisotopic (exact) mass is 401 g/mol. The van der Waals surface area contributed by atoms with Crippen LogP contribution in [-0.4, -0.2) is 41.9 Å². The van der Waals surface area contributed by atoms with E-state index in [1.54, 1.807) is 24.3 Å². The molecular weight excluding hydrogens is 368 g/mol. The van der Waals surface area contributed by atoms with E-state index in [4.69, 9.17) is 14.7 Å². The number of hydroxylamine groups is 2. The molecule has 1 N–H and O–H groups in total. The maximum Gasteiger partial charge on any atom is 0.434 e. The molecule has 28 heavy (non-hydrogen) atoms. The first-order valence-corrected chi connectivity index (χ1v) is 9.99. The molecule has 7 heteroatoms. The van der Waals surface area contributed by atoms with Gasteiger partial charge in [0, 0.05) is 0 Å². The second kappa shape index (κ2) is 13.4. The van der Waals surface area contributed by atoms with Gasteiger partial charge in [0.25, 0.3) is 5.92 Å². The van der Waals surface area contributed by atoms with E-state index in [2.05, 4.69) is 6.92 Å². The fraction of sp³-hybridized carbons (Fsp3) is 0.667. The SMILES string of the molecule is CCCCCCCCC[C@@H](N(OC)C(=O)OCc1ccccc1)C(F)(F)CO. The van der Waals surface area contributed by atoms with Crippen molar-refractivity contribution < 1.29 is 28.3 Å². The second-order valence-electron chi connectivity index (χ2n) is 6.89.